The fourth-order valence-corrected chi connectivity index (χ4v) is 1.15. The number of ether oxygens (including phenoxy) is 1. The summed E-state index contributed by atoms with van der Waals surface area (Å²) in [6.45, 7) is 0. The summed E-state index contributed by atoms with van der Waals surface area (Å²) in [6.07, 6.45) is 2.63. The fourth-order valence-electron chi connectivity index (χ4n) is 1.15. The van der Waals surface area contributed by atoms with Crippen molar-refractivity contribution < 1.29 is 9.53 Å². The highest BCUT2D eigenvalue weighted by Gasteiger charge is 2.29. The van der Waals surface area contributed by atoms with Crippen LogP contribution in [0.15, 0.2) is 0 Å². The Balaban J connectivity index is 2.19. The van der Waals surface area contributed by atoms with Crippen molar-refractivity contribution in [1.82, 2.24) is 0 Å². The van der Waals surface area contributed by atoms with Gasteiger partial charge in [0.1, 0.15) is 0 Å². The quantitative estimate of drug-likeness (QED) is 0.565. The van der Waals surface area contributed by atoms with E-state index in [1.54, 1.807) is 0 Å². The summed E-state index contributed by atoms with van der Waals surface area (Å²) < 4.78 is 4.51. The molecule has 0 aromatic rings. The second-order valence-corrected chi connectivity index (χ2v) is 2.78. The second kappa shape index (κ2) is 3.01. The highest BCUT2D eigenvalue weighted by molar-refractivity contribution is 5.69. The van der Waals surface area contributed by atoms with Crippen molar-refractivity contribution >= 4 is 5.97 Å². The van der Waals surface area contributed by atoms with E-state index < -0.39 is 0 Å². The van der Waals surface area contributed by atoms with Gasteiger partial charge >= 0.3 is 5.97 Å². The minimum Gasteiger partial charge on any atom is -0.469 e. The first-order chi connectivity index (χ1) is 4.74. The van der Waals surface area contributed by atoms with Crippen LogP contribution in [0.5, 0.6) is 0 Å². The molecule has 0 aromatic heterocycles. The first kappa shape index (κ1) is 7.54. The number of hydrogen-bond donors (Lipinski definition) is 1. The third-order valence-corrected chi connectivity index (χ3v) is 2.13. The minimum atomic E-state index is -0.139. The molecule has 1 aliphatic rings. The van der Waals surface area contributed by atoms with E-state index in [0.29, 0.717) is 12.3 Å². The van der Waals surface area contributed by atoms with Gasteiger partial charge in [-0.1, -0.05) is 0 Å². The Morgan fingerprint density at radius 1 is 1.70 bits per heavy atom. The van der Waals surface area contributed by atoms with Crippen molar-refractivity contribution in [3.8, 4) is 0 Å². The van der Waals surface area contributed by atoms with Crippen molar-refractivity contribution in [2.45, 2.75) is 25.3 Å². The van der Waals surface area contributed by atoms with Crippen LogP contribution in [-0.2, 0) is 9.53 Å². The summed E-state index contributed by atoms with van der Waals surface area (Å²) >= 11 is 0. The van der Waals surface area contributed by atoms with Gasteiger partial charge in [-0.15, -0.1) is 0 Å². The molecule has 1 aliphatic carbocycles. The molecule has 0 aromatic carbocycles. The molecule has 0 aliphatic heterocycles. The van der Waals surface area contributed by atoms with Gasteiger partial charge in [0.2, 0.25) is 0 Å². The summed E-state index contributed by atoms with van der Waals surface area (Å²) in [5.41, 5.74) is 5.62. The Hall–Kier alpha value is -0.570. The van der Waals surface area contributed by atoms with Gasteiger partial charge in [-0.05, 0) is 18.8 Å². The highest BCUT2D eigenvalue weighted by atomic mass is 16.5. The van der Waals surface area contributed by atoms with E-state index >= 15 is 0 Å². The van der Waals surface area contributed by atoms with Crippen LogP contribution in [0, 0.1) is 5.92 Å². The summed E-state index contributed by atoms with van der Waals surface area (Å²) in [7, 11) is 1.41. The van der Waals surface area contributed by atoms with Gasteiger partial charge in [0.05, 0.1) is 7.11 Å². The average molecular weight is 143 g/mol. The molecular weight excluding hydrogens is 130 g/mol. The maximum Gasteiger partial charge on any atom is 0.305 e. The molecule has 2 N–H and O–H groups in total. The molecular formula is C7H13NO2. The monoisotopic (exact) mass is 143 g/mol. The van der Waals surface area contributed by atoms with E-state index in [1.165, 1.54) is 7.11 Å². The third kappa shape index (κ3) is 1.48. The molecule has 0 saturated heterocycles. The number of carbonyl (C=O) groups is 1. The van der Waals surface area contributed by atoms with E-state index in [2.05, 4.69) is 4.74 Å². The number of methoxy groups -OCH3 is 1. The summed E-state index contributed by atoms with van der Waals surface area (Å²) in [6, 6.07) is 0.235. The van der Waals surface area contributed by atoms with Gasteiger partial charge in [0.25, 0.3) is 0 Å². The van der Waals surface area contributed by atoms with Gasteiger partial charge in [0.15, 0.2) is 0 Å². The molecule has 0 heterocycles. The lowest BCUT2D eigenvalue weighted by Crippen LogP contribution is -2.40. The van der Waals surface area contributed by atoms with Crippen molar-refractivity contribution in [2.75, 3.05) is 7.11 Å². The van der Waals surface area contributed by atoms with Crippen molar-refractivity contribution in [3.05, 3.63) is 0 Å². The molecule has 1 saturated carbocycles. The van der Waals surface area contributed by atoms with Crippen molar-refractivity contribution in [2.24, 2.45) is 11.7 Å². The van der Waals surface area contributed by atoms with E-state index in [4.69, 9.17) is 5.73 Å². The Labute approximate surface area is 60.5 Å². The summed E-state index contributed by atoms with van der Waals surface area (Å²) in [4.78, 5) is 10.7. The molecule has 2 atom stereocenters. The van der Waals surface area contributed by atoms with Gasteiger partial charge in [-0.3, -0.25) is 4.79 Å². The molecule has 1 unspecified atom stereocenters. The molecule has 1 rings (SSSR count). The van der Waals surface area contributed by atoms with Gasteiger partial charge in [-0.25, -0.2) is 0 Å². The Morgan fingerprint density at radius 3 is 2.70 bits per heavy atom. The predicted octanol–water partition coefficient (Wildman–Crippen LogP) is 0.287. The topological polar surface area (TPSA) is 52.3 Å². The van der Waals surface area contributed by atoms with Crippen LogP contribution in [0.1, 0.15) is 19.3 Å². The zero-order chi connectivity index (χ0) is 7.56. The molecule has 0 amide bonds. The molecule has 0 spiro atoms. The molecule has 3 heteroatoms. The Kier molecular flexibility index (Phi) is 2.27. The molecule has 0 bridgehead atoms. The van der Waals surface area contributed by atoms with E-state index in [9.17, 15) is 4.79 Å². The van der Waals surface area contributed by atoms with E-state index in [0.717, 1.165) is 12.8 Å². The lowest BCUT2D eigenvalue weighted by atomic mass is 9.78. The molecule has 10 heavy (non-hydrogen) atoms. The van der Waals surface area contributed by atoms with Crippen molar-refractivity contribution in [1.29, 1.82) is 0 Å². The smallest absolute Gasteiger partial charge is 0.305 e. The maximum absolute atomic E-state index is 10.7. The zero-order valence-electron chi connectivity index (χ0n) is 6.17. The largest absolute Gasteiger partial charge is 0.469 e. The van der Waals surface area contributed by atoms with Crippen LogP contribution in [-0.4, -0.2) is 19.1 Å². The van der Waals surface area contributed by atoms with Crippen LogP contribution in [0.3, 0.4) is 0 Å². The van der Waals surface area contributed by atoms with Gasteiger partial charge < -0.3 is 10.5 Å². The molecule has 3 nitrogen and oxygen atoms in total. The lowest BCUT2D eigenvalue weighted by Gasteiger charge is -2.32. The Morgan fingerprint density at radius 2 is 2.40 bits per heavy atom. The number of nitrogens with two attached hydrogens (primary N) is 1. The van der Waals surface area contributed by atoms with Crippen LogP contribution in [0.25, 0.3) is 0 Å². The average Bonchev–Trinajstić information content (AvgIpc) is 1.96. The Bertz CT molecular complexity index is 136. The van der Waals surface area contributed by atoms with Crippen molar-refractivity contribution in [3.63, 3.8) is 0 Å². The number of rotatable bonds is 2. The first-order valence-electron chi connectivity index (χ1n) is 3.56. The van der Waals surface area contributed by atoms with Crippen LogP contribution < -0.4 is 5.73 Å². The third-order valence-electron chi connectivity index (χ3n) is 2.13. The van der Waals surface area contributed by atoms with Crippen LogP contribution in [0.4, 0.5) is 0 Å². The fraction of sp³-hybridized carbons (Fsp3) is 0.857. The zero-order valence-corrected chi connectivity index (χ0v) is 6.17. The van der Waals surface area contributed by atoms with Gasteiger partial charge in [-0.2, -0.15) is 0 Å². The second-order valence-electron chi connectivity index (χ2n) is 2.78. The maximum atomic E-state index is 10.7. The lowest BCUT2D eigenvalue weighted by molar-refractivity contribution is -0.142. The molecule has 0 radical (unpaired) electrons. The van der Waals surface area contributed by atoms with Crippen LogP contribution in [0.2, 0.25) is 0 Å². The van der Waals surface area contributed by atoms with E-state index in [-0.39, 0.29) is 12.0 Å². The van der Waals surface area contributed by atoms with Gasteiger partial charge in [0, 0.05) is 12.5 Å². The number of carbonyl (C=O) groups excluding carboxylic acids is 1. The number of esters is 1. The highest BCUT2D eigenvalue weighted by Crippen LogP contribution is 2.28. The minimum absolute atomic E-state index is 0.139. The van der Waals surface area contributed by atoms with E-state index in [1.807, 2.05) is 0 Å². The first-order valence-corrected chi connectivity index (χ1v) is 3.56. The molecule has 58 valence electrons. The predicted molar refractivity (Wildman–Crippen MR) is 37.3 cm³/mol. The standard InChI is InChI=1S/C7H13NO2/c1-10-7(9)4-5-2-3-6(5)8/h5-6H,2-4,8H2,1H3/t5-,6?/m0/s1. The molecule has 1 fully saturated rings. The number of hydrogen-bond acceptors (Lipinski definition) is 3. The van der Waals surface area contributed by atoms with Crippen LogP contribution >= 0.6 is 0 Å². The summed E-state index contributed by atoms with van der Waals surface area (Å²) in [5, 5.41) is 0. The normalized spacial score (nSPS) is 31.0. The SMILES string of the molecule is COC(=O)C[C@@H]1CCC1N. The summed E-state index contributed by atoms with van der Waals surface area (Å²) in [5.74, 6) is 0.243.